The van der Waals surface area contributed by atoms with Gasteiger partial charge in [-0.25, -0.2) is 14.1 Å². The van der Waals surface area contributed by atoms with E-state index < -0.39 is 5.82 Å². The van der Waals surface area contributed by atoms with E-state index in [0.717, 1.165) is 25.8 Å². The maximum Gasteiger partial charge on any atom is 0.222 e. The molecule has 2 saturated heterocycles. The summed E-state index contributed by atoms with van der Waals surface area (Å²) in [7, 11) is 0. The Labute approximate surface area is 155 Å². The van der Waals surface area contributed by atoms with Gasteiger partial charge in [0.25, 0.3) is 0 Å². The van der Waals surface area contributed by atoms with Gasteiger partial charge in [-0.15, -0.1) is 0 Å². The molecule has 3 heterocycles. The number of ether oxygens (including phenoxy) is 1. The molecule has 1 aromatic heterocycles. The number of hydrogen-bond donors (Lipinski definition) is 0. The van der Waals surface area contributed by atoms with E-state index in [-0.39, 0.29) is 16.8 Å². The van der Waals surface area contributed by atoms with Crippen LogP contribution in [0.4, 0.5) is 4.39 Å². The SMILES string of the molecule is O=C1CCCCN1Cc1nc([C@@H]2CCOC2)nn1-c1ccc(F)c(Cl)c1. The average molecular weight is 379 g/mol. The lowest BCUT2D eigenvalue weighted by atomic mass is 10.1. The molecule has 1 aromatic carbocycles. The summed E-state index contributed by atoms with van der Waals surface area (Å²) in [5, 5.41) is 4.66. The molecule has 0 saturated carbocycles. The molecule has 0 radical (unpaired) electrons. The number of nitrogens with zero attached hydrogens (tertiary/aromatic N) is 4. The molecule has 8 heteroatoms. The number of likely N-dealkylation sites (tertiary alicyclic amines) is 1. The van der Waals surface area contributed by atoms with Crippen LogP contribution in [0.15, 0.2) is 18.2 Å². The lowest BCUT2D eigenvalue weighted by molar-refractivity contribution is -0.134. The van der Waals surface area contributed by atoms with Crippen molar-refractivity contribution in [3.05, 3.63) is 40.7 Å². The first-order chi connectivity index (χ1) is 12.6. The number of aromatic nitrogens is 3. The Morgan fingerprint density at radius 3 is 2.96 bits per heavy atom. The summed E-state index contributed by atoms with van der Waals surface area (Å²) in [6, 6.07) is 4.46. The van der Waals surface area contributed by atoms with E-state index in [1.54, 1.807) is 10.7 Å². The van der Waals surface area contributed by atoms with Crippen molar-refractivity contribution in [2.45, 2.75) is 38.1 Å². The van der Waals surface area contributed by atoms with Gasteiger partial charge in [0.15, 0.2) is 11.6 Å². The van der Waals surface area contributed by atoms with Gasteiger partial charge < -0.3 is 9.64 Å². The minimum Gasteiger partial charge on any atom is -0.381 e. The third kappa shape index (κ3) is 3.46. The van der Waals surface area contributed by atoms with Crippen molar-refractivity contribution >= 4 is 17.5 Å². The molecule has 2 aliphatic rings. The fourth-order valence-corrected chi connectivity index (χ4v) is 3.57. The smallest absolute Gasteiger partial charge is 0.222 e. The van der Waals surface area contributed by atoms with Crippen LogP contribution in [-0.2, 0) is 16.1 Å². The second kappa shape index (κ2) is 7.32. The second-order valence-corrected chi connectivity index (χ2v) is 7.14. The van der Waals surface area contributed by atoms with E-state index in [0.29, 0.717) is 43.5 Å². The summed E-state index contributed by atoms with van der Waals surface area (Å²) in [4.78, 5) is 18.7. The Kier molecular flexibility index (Phi) is 4.91. The van der Waals surface area contributed by atoms with E-state index in [1.165, 1.54) is 12.1 Å². The van der Waals surface area contributed by atoms with Gasteiger partial charge in [-0.1, -0.05) is 11.6 Å². The lowest BCUT2D eigenvalue weighted by Crippen LogP contribution is -2.35. The molecule has 4 rings (SSSR count). The molecule has 0 unspecified atom stereocenters. The van der Waals surface area contributed by atoms with Crippen LogP contribution in [0, 0.1) is 5.82 Å². The number of carbonyl (C=O) groups excluding carboxylic acids is 1. The zero-order valence-corrected chi connectivity index (χ0v) is 15.1. The fourth-order valence-electron chi connectivity index (χ4n) is 3.40. The molecule has 1 atom stereocenters. The summed E-state index contributed by atoms with van der Waals surface area (Å²) in [6.45, 7) is 2.39. The molecular weight excluding hydrogens is 359 g/mol. The van der Waals surface area contributed by atoms with Gasteiger partial charge in [0.05, 0.1) is 23.9 Å². The molecule has 6 nitrogen and oxygen atoms in total. The second-order valence-electron chi connectivity index (χ2n) is 6.73. The normalized spacial score (nSPS) is 20.8. The molecule has 0 N–H and O–H groups in total. The Hall–Kier alpha value is -1.99. The van der Waals surface area contributed by atoms with E-state index >= 15 is 0 Å². The van der Waals surface area contributed by atoms with Gasteiger partial charge in [0.2, 0.25) is 5.91 Å². The summed E-state index contributed by atoms with van der Waals surface area (Å²) < 4.78 is 20.7. The van der Waals surface area contributed by atoms with Crippen LogP contribution in [0.25, 0.3) is 5.69 Å². The first-order valence-electron chi connectivity index (χ1n) is 8.88. The third-order valence-corrected chi connectivity index (χ3v) is 5.18. The van der Waals surface area contributed by atoms with Crippen LogP contribution in [-0.4, -0.2) is 45.3 Å². The third-order valence-electron chi connectivity index (χ3n) is 4.89. The Morgan fingerprint density at radius 1 is 1.35 bits per heavy atom. The van der Waals surface area contributed by atoms with E-state index in [9.17, 15) is 9.18 Å². The highest BCUT2D eigenvalue weighted by Gasteiger charge is 2.26. The fraction of sp³-hybridized carbons (Fsp3) is 0.500. The first-order valence-corrected chi connectivity index (χ1v) is 9.26. The molecule has 26 heavy (non-hydrogen) atoms. The zero-order chi connectivity index (χ0) is 18.1. The number of rotatable bonds is 4. The maximum atomic E-state index is 13.5. The summed E-state index contributed by atoms with van der Waals surface area (Å²) in [5.41, 5.74) is 0.633. The van der Waals surface area contributed by atoms with Crippen LogP contribution in [0.2, 0.25) is 5.02 Å². The van der Waals surface area contributed by atoms with Crippen LogP contribution in [0.5, 0.6) is 0 Å². The van der Waals surface area contributed by atoms with Gasteiger partial charge in [-0.2, -0.15) is 5.10 Å². The highest BCUT2D eigenvalue weighted by Crippen LogP contribution is 2.26. The van der Waals surface area contributed by atoms with Crippen molar-refractivity contribution < 1.29 is 13.9 Å². The number of piperidine rings is 1. The number of carbonyl (C=O) groups is 1. The van der Waals surface area contributed by atoms with Crippen molar-refractivity contribution in [2.24, 2.45) is 0 Å². The standard InChI is InChI=1S/C18H20ClFN4O2/c19-14-9-13(4-5-15(14)20)24-16(10-23-7-2-1-3-17(23)25)21-18(22-24)12-6-8-26-11-12/h4-5,9,12H,1-3,6-8,10-11H2/t12-/m1/s1. The molecule has 0 bridgehead atoms. The van der Waals surface area contributed by atoms with Gasteiger partial charge in [0, 0.05) is 25.5 Å². The topological polar surface area (TPSA) is 60.3 Å². The Balaban J connectivity index is 1.69. The van der Waals surface area contributed by atoms with Gasteiger partial charge >= 0.3 is 0 Å². The maximum absolute atomic E-state index is 13.5. The molecule has 0 aliphatic carbocycles. The summed E-state index contributed by atoms with van der Waals surface area (Å²) >= 11 is 5.94. The highest BCUT2D eigenvalue weighted by molar-refractivity contribution is 6.30. The molecule has 0 spiro atoms. The first kappa shape index (κ1) is 17.4. The van der Waals surface area contributed by atoms with Gasteiger partial charge in [-0.05, 0) is 37.5 Å². The van der Waals surface area contributed by atoms with E-state index in [2.05, 4.69) is 5.10 Å². The van der Waals surface area contributed by atoms with E-state index in [4.69, 9.17) is 21.3 Å². The van der Waals surface area contributed by atoms with E-state index in [1.807, 2.05) is 4.90 Å². The summed E-state index contributed by atoms with van der Waals surface area (Å²) in [5.74, 6) is 1.15. The van der Waals surface area contributed by atoms with Crippen molar-refractivity contribution in [1.29, 1.82) is 0 Å². The Morgan fingerprint density at radius 2 is 2.23 bits per heavy atom. The van der Waals surface area contributed by atoms with Crippen molar-refractivity contribution in [2.75, 3.05) is 19.8 Å². The number of amides is 1. The van der Waals surface area contributed by atoms with Crippen LogP contribution in [0.1, 0.15) is 43.3 Å². The average Bonchev–Trinajstić information content (AvgIpc) is 3.29. The van der Waals surface area contributed by atoms with Crippen molar-refractivity contribution in [3.63, 3.8) is 0 Å². The molecule has 2 aliphatic heterocycles. The quantitative estimate of drug-likeness (QED) is 0.820. The zero-order valence-electron chi connectivity index (χ0n) is 14.3. The number of hydrogen-bond acceptors (Lipinski definition) is 4. The highest BCUT2D eigenvalue weighted by atomic mass is 35.5. The minimum absolute atomic E-state index is 0.0312. The van der Waals surface area contributed by atoms with Crippen LogP contribution >= 0.6 is 11.6 Å². The monoisotopic (exact) mass is 378 g/mol. The minimum atomic E-state index is -0.479. The predicted octanol–water partition coefficient (Wildman–Crippen LogP) is 3.08. The molecular formula is C18H20ClFN4O2. The molecule has 138 valence electrons. The van der Waals surface area contributed by atoms with Crippen LogP contribution in [0.3, 0.4) is 0 Å². The molecule has 1 amide bonds. The van der Waals surface area contributed by atoms with Gasteiger partial charge in [0.1, 0.15) is 5.82 Å². The predicted molar refractivity (Wildman–Crippen MR) is 93.8 cm³/mol. The number of benzene rings is 1. The Bertz CT molecular complexity index is 820. The van der Waals surface area contributed by atoms with Gasteiger partial charge in [-0.3, -0.25) is 4.79 Å². The lowest BCUT2D eigenvalue weighted by Gasteiger charge is -2.26. The molecule has 2 fully saturated rings. The van der Waals surface area contributed by atoms with Crippen molar-refractivity contribution in [3.8, 4) is 5.69 Å². The molecule has 2 aromatic rings. The van der Waals surface area contributed by atoms with Crippen molar-refractivity contribution in [1.82, 2.24) is 19.7 Å². The number of halogens is 2. The van der Waals surface area contributed by atoms with Crippen LogP contribution < -0.4 is 0 Å². The largest absolute Gasteiger partial charge is 0.381 e. The summed E-state index contributed by atoms with van der Waals surface area (Å²) in [6.07, 6.45) is 3.36.